The Hall–Kier alpha value is -1.45. The number of carbonyl (C=O) groups excluding carboxylic acids is 1. The molecule has 1 heterocycles. The van der Waals surface area contributed by atoms with Crippen LogP contribution in [0.4, 0.5) is 0 Å². The van der Waals surface area contributed by atoms with Gasteiger partial charge < -0.3 is 5.32 Å². The van der Waals surface area contributed by atoms with E-state index in [2.05, 4.69) is 15.3 Å². The lowest BCUT2D eigenvalue weighted by Gasteiger charge is -2.11. The molecule has 1 aliphatic carbocycles. The average molecular weight is 205 g/mol. The quantitative estimate of drug-likeness (QED) is 0.809. The van der Waals surface area contributed by atoms with Crippen LogP contribution >= 0.6 is 0 Å². The van der Waals surface area contributed by atoms with Gasteiger partial charge in [0.25, 0.3) is 5.91 Å². The van der Waals surface area contributed by atoms with E-state index in [1.807, 2.05) is 13.8 Å². The fraction of sp³-hybridized carbons (Fsp3) is 0.545. The van der Waals surface area contributed by atoms with Gasteiger partial charge in [0.2, 0.25) is 0 Å². The molecule has 1 amide bonds. The number of amides is 1. The number of hydrogen-bond acceptors (Lipinski definition) is 3. The second kappa shape index (κ2) is 3.96. The van der Waals surface area contributed by atoms with E-state index < -0.39 is 0 Å². The number of nitrogens with one attached hydrogen (secondary N) is 1. The van der Waals surface area contributed by atoms with Crippen molar-refractivity contribution in [2.45, 2.75) is 32.7 Å². The molecule has 0 spiro atoms. The fourth-order valence-electron chi connectivity index (χ4n) is 1.50. The largest absolute Gasteiger partial charge is 0.348 e. The van der Waals surface area contributed by atoms with Gasteiger partial charge in [0.1, 0.15) is 5.69 Å². The highest BCUT2D eigenvalue weighted by molar-refractivity contribution is 5.92. The molecule has 1 unspecified atom stereocenters. The molecule has 1 aromatic heterocycles. The van der Waals surface area contributed by atoms with E-state index in [0.29, 0.717) is 11.6 Å². The van der Waals surface area contributed by atoms with Crippen LogP contribution in [0.25, 0.3) is 0 Å². The molecule has 0 aliphatic heterocycles. The monoisotopic (exact) mass is 205 g/mol. The SMILES string of the molecule is Cc1cnc(C(=O)NC(C)C2CC2)cn1. The van der Waals surface area contributed by atoms with E-state index in [-0.39, 0.29) is 11.9 Å². The Bertz CT molecular complexity index is 357. The number of aryl methyl sites for hydroxylation is 1. The molecule has 1 aromatic rings. The molecule has 0 radical (unpaired) electrons. The Morgan fingerprint density at radius 1 is 1.47 bits per heavy atom. The Morgan fingerprint density at radius 2 is 2.20 bits per heavy atom. The topological polar surface area (TPSA) is 54.9 Å². The average Bonchev–Trinajstić information content (AvgIpc) is 3.01. The van der Waals surface area contributed by atoms with Crippen LogP contribution in [0.2, 0.25) is 0 Å². The fourth-order valence-corrected chi connectivity index (χ4v) is 1.50. The molecule has 1 fully saturated rings. The Morgan fingerprint density at radius 3 is 2.73 bits per heavy atom. The highest BCUT2D eigenvalue weighted by atomic mass is 16.1. The minimum absolute atomic E-state index is 0.123. The number of nitrogens with zero attached hydrogens (tertiary/aromatic N) is 2. The maximum absolute atomic E-state index is 11.7. The van der Waals surface area contributed by atoms with Gasteiger partial charge in [0, 0.05) is 12.2 Å². The Balaban J connectivity index is 1.97. The first kappa shape index (κ1) is 10.1. The van der Waals surface area contributed by atoms with E-state index in [1.165, 1.54) is 19.0 Å². The highest BCUT2D eigenvalue weighted by Crippen LogP contribution is 2.32. The first-order chi connectivity index (χ1) is 7.16. The summed E-state index contributed by atoms with van der Waals surface area (Å²) >= 11 is 0. The van der Waals surface area contributed by atoms with Gasteiger partial charge in [-0.05, 0) is 32.6 Å². The van der Waals surface area contributed by atoms with Crippen molar-refractivity contribution >= 4 is 5.91 Å². The normalized spacial score (nSPS) is 17.2. The predicted octanol–water partition coefficient (Wildman–Crippen LogP) is 1.31. The molecule has 4 nitrogen and oxygen atoms in total. The molecule has 15 heavy (non-hydrogen) atoms. The summed E-state index contributed by atoms with van der Waals surface area (Å²) in [7, 11) is 0. The zero-order chi connectivity index (χ0) is 10.8. The molecule has 0 saturated heterocycles. The second-order valence-corrected chi connectivity index (χ2v) is 4.14. The smallest absolute Gasteiger partial charge is 0.271 e. The van der Waals surface area contributed by atoms with Crippen LogP contribution in [-0.4, -0.2) is 21.9 Å². The van der Waals surface area contributed by atoms with Crippen LogP contribution in [0.3, 0.4) is 0 Å². The Kier molecular flexibility index (Phi) is 2.66. The third-order valence-corrected chi connectivity index (χ3v) is 2.70. The van der Waals surface area contributed by atoms with E-state index in [4.69, 9.17) is 0 Å². The summed E-state index contributed by atoms with van der Waals surface area (Å²) in [5.41, 5.74) is 1.22. The molecule has 4 heteroatoms. The summed E-state index contributed by atoms with van der Waals surface area (Å²) in [6.07, 6.45) is 5.57. The lowest BCUT2D eigenvalue weighted by Crippen LogP contribution is -2.34. The van der Waals surface area contributed by atoms with Gasteiger partial charge in [-0.3, -0.25) is 9.78 Å². The van der Waals surface area contributed by atoms with Crippen molar-refractivity contribution < 1.29 is 4.79 Å². The summed E-state index contributed by atoms with van der Waals surface area (Å²) in [6, 6.07) is 0.251. The molecule has 1 N–H and O–H groups in total. The predicted molar refractivity (Wildman–Crippen MR) is 56.4 cm³/mol. The number of carbonyl (C=O) groups is 1. The van der Waals surface area contributed by atoms with Crippen molar-refractivity contribution in [2.75, 3.05) is 0 Å². The minimum Gasteiger partial charge on any atom is -0.348 e. The number of rotatable bonds is 3. The van der Waals surface area contributed by atoms with Crippen molar-refractivity contribution in [1.82, 2.24) is 15.3 Å². The van der Waals surface area contributed by atoms with Gasteiger partial charge in [0.05, 0.1) is 11.9 Å². The van der Waals surface area contributed by atoms with Gasteiger partial charge in [-0.15, -0.1) is 0 Å². The summed E-state index contributed by atoms with van der Waals surface area (Å²) in [6.45, 7) is 3.89. The van der Waals surface area contributed by atoms with Crippen LogP contribution in [0, 0.1) is 12.8 Å². The third kappa shape index (κ3) is 2.52. The zero-order valence-corrected chi connectivity index (χ0v) is 9.03. The van der Waals surface area contributed by atoms with E-state index in [0.717, 1.165) is 5.69 Å². The summed E-state index contributed by atoms with van der Waals surface area (Å²) in [5, 5.41) is 2.94. The molecular weight excluding hydrogens is 190 g/mol. The maximum Gasteiger partial charge on any atom is 0.271 e. The summed E-state index contributed by atoms with van der Waals surface area (Å²) in [4.78, 5) is 19.8. The Labute approximate surface area is 89.1 Å². The number of aromatic nitrogens is 2. The van der Waals surface area contributed by atoms with Crippen LogP contribution in [0.15, 0.2) is 12.4 Å². The van der Waals surface area contributed by atoms with Gasteiger partial charge in [-0.1, -0.05) is 0 Å². The molecule has 80 valence electrons. The van der Waals surface area contributed by atoms with Crippen LogP contribution < -0.4 is 5.32 Å². The molecule has 1 atom stereocenters. The molecular formula is C11H15N3O. The molecule has 2 rings (SSSR count). The molecule has 1 aliphatic rings. The van der Waals surface area contributed by atoms with Crippen molar-refractivity contribution in [3.8, 4) is 0 Å². The van der Waals surface area contributed by atoms with Gasteiger partial charge in [0.15, 0.2) is 0 Å². The van der Waals surface area contributed by atoms with Crippen LogP contribution in [0.5, 0.6) is 0 Å². The highest BCUT2D eigenvalue weighted by Gasteiger charge is 2.29. The van der Waals surface area contributed by atoms with Crippen LogP contribution in [0.1, 0.15) is 35.9 Å². The summed E-state index contributed by atoms with van der Waals surface area (Å²) in [5.74, 6) is 0.536. The second-order valence-electron chi connectivity index (χ2n) is 4.14. The molecule has 0 bridgehead atoms. The lowest BCUT2D eigenvalue weighted by atomic mass is 10.2. The van der Waals surface area contributed by atoms with Gasteiger partial charge in [-0.25, -0.2) is 4.98 Å². The van der Waals surface area contributed by atoms with E-state index in [9.17, 15) is 4.79 Å². The lowest BCUT2D eigenvalue weighted by molar-refractivity contribution is 0.0930. The number of hydrogen-bond donors (Lipinski definition) is 1. The third-order valence-electron chi connectivity index (χ3n) is 2.70. The van der Waals surface area contributed by atoms with Crippen molar-refractivity contribution in [2.24, 2.45) is 5.92 Å². The first-order valence-corrected chi connectivity index (χ1v) is 5.26. The van der Waals surface area contributed by atoms with Crippen molar-refractivity contribution in [3.05, 3.63) is 23.8 Å². The van der Waals surface area contributed by atoms with Gasteiger partial charge >= 0.3 is 0 Å². The van der Waals surface area contributed by atoms with Crippen LogP contribution in [-0.2, 0) is 0 Å². The van der Waals surface area contributed by atoms with Crippen molar-refractivity contribution in [1.29, 1.82) is 0 Å². The summed E-state index contributed by atoms with van der Waals surface area (Å²) < 4.78 is 0. The molecule has 0 aromatic carbocycles. The zero-order valence-electron chi connectivity index (χ0n) is 9.03. The minimum atomic E-state index is -0.123. The van der Waals surface area contributed by atoms with Gasteiger partial charge in [-0.2, -0.15) is 0 Å². The van der Waals surface area contributed by atoms with E-state index in [1.54, 1.807) is 6.20 Å². The van der Waals surface area contributed by atoms with E-state index >= 15 is 0 Å². The standard InChI is InChI=1S/C11H15N3O/c1-7-5-13-10(6-12-7)11(15)14-8(2)9-3-4-9/h5-6,8-9H,3-4H2,1-2H3,(H,14,15). The maximum atomic E-state index is 11.7. The van der Waals surface area contributed by atoms with Crippen molar-refractivity contribution in [3.63, 3.8) is 0 Å². The molecule has 1 saturated carbocycles. The first-order valence-electron chi connectivity index (χ1n) is 5.26.